The van der Waals surface area contributed by atoms with Gasteiger partial charge in [-0.15, -0.1) is 0 Å². The van der Waals surface area contributed by atoms with Gasteiger partial charge in [0.25, 0.3) is 5.69 Å². The number of rotatable bonds is 14. The molecule has 0 radical (unpaired) electrons. The number of carboxylic acids is 1. The van der Waals surface area contributed by atoms with E-state index in [1.54, 1.807) is 12.1 Å². The average Bonchev–Trinajstić information content (AvgIpc) is 3.18. The van der Waals surface area contributed by atoms with Crippen molar-refractivity contribution < 1.29 is 34.2 Å². The smallest absolute Gasteiger partial charge is 0.303 e. The molecule has 2 aliphatic rings. The first-order valence-corrected chi connectivity index (χ1v) is 18.1. The number of nitro groups is 1. The monoisotopic (exact) mass is 722 g/mol. The molecule has 0 saturated carbocycles. The molecule has 1 amide bonds. The maximum atomic E-state index is 12.3. The fraction of sp³-hybridized carbons (Fsp3) is 0.366. The van der Waals surface area contributed by atoms with Gasteiger partial charge in [-0.25, -0.2) is 0 Å². The van der Waals surface area contributed by atoms with Crippen molar-refractivity contribution >= 4 is 23.3 Å². The van der Waals surface area contributed by atoms with Gasteiger partial charge in [0.05, 0.1) is 23.7 Å². The normalized spacial score (nSPS) is 20.5. The van der Waals surface area contributed by atoms with E-state index >= 15 is 0 Å². The summed E-state index contributed by atoms with van der Waals surface area (Å²) in [6.45, 7) is 6.40. The molecule has 0 bridgehead atoms. The van der Waals surface area contributed by atoms with E-state index in [1.807, 2.05) is 84.9 Å². The van der Waals surface area contributed by atoms with E-state index in [1.165, 1.54) is 0 Å². The van der Waals surface area contributed by atoms with Crippen LogP contribution in [-0.2, 0) is 32.2 Å². The standard InChI is InChI=1S/C41H46N4O8/c1-28-37(26-43-21-23-44(24-22-43)34-17-19-35(20-18-34)45(50)51)52-41(53-40(28)31-11-9-29(27-46)10-12-31)32-15-13-30(14-16-32)36-6-3-2-5-33(36)25-42-38(47)7-4-8-39(48)49/h2-3,5-6,9-20,28,37,40-41,46H,4,7-8,21-27H2,1H3,(H,42,47)(H,48,49). The van der Waals surface area contributed by atoms with Crippen molar-refractivity contribution in [1.82, 2.24) is 10.2 Å². The van der Waals surface area contributed by atoms with Gasteiger partial charge in [-0.05, 0) is 46.4 Å². The predicted molar refractivity (Wildman–Crippen MR) is 200 cm³/mol. The highest BCUT2D eigenvalue weighted by molar-refractivity contribution is 5.77. The molecule has 4 aromatic rings. The Bertz CT molecular complexity index is 1840. The Morgan fingerprint density at radius 3 is 2.21 bits per heavy atom. The van der Waals surface area contributed by atoms with Gasteiger partial charge >= 0.3 is 5.97 Å². The van der Waals surface area contributed by atoms with E-state index in [2.05, 4.69) is 22.0 Å². The number of piperazine rings is 1. The fourth-order valence-corrected chi connectivity index (χ4v) is 7.01. The summed E-state index contributed by atoms with van der Waals surface area (Å²) in [4.78, 5) is 38.5. The topological polar surface area (TPSA) is 155 Å². The number of aliphatic hydroxyl groups is 1. The summed E-state index contributed by atoms with van der Waals surface area (Å²) in [6.07, 6.45) is -0.576. The minimum absolute atomic E-state index is 0.0315. The summed E-state index contributed by atoms with van der Waals surface area (Å²) in [6, 6.07) is 30.6. The highest BCUT2D eigenvalue weighted by Crippen LogP contribution is 2.42. The first-order valence-electron chi connectivity index (χ1n) is 18.1. The molecule has 2 saturated heterocycles. The average molecular weight is 723 g/mol. The SMILES string of the molecule is CC1C(CN2CCN(c3ccc([N+](=O)[O-])cc3)CC2)OC(c2ccc(-c3ccccc3CNC(=O)CCCC(=O)O)cc2)OC1c1ccc(CO)cc1. The van der Waals surface area contributed by atoms with Crippen molar-refractivity contribution in [2.45, 2.75) is 57.8 Å². The molecule has 0 aromatic heterocycles. The summed E-state index contributed by atoms with van der Waals surface area (Å²) in [5, 5.41) is 32.5. The Kier molecular flexibility index (Phi) is 12.5. The minimum atomic E-state index is -0.912. The molecular formula is C41H46N4O8. The first-order chi connectivity index (χ1) is 25.7. The van der Waals surface area contributed by atoms with E-state index in [9.17, 15) is 24.8 Å². The number of carbonyl (C=O) groups is 2. The maximum Gasteiger partial charge on any atom is 0.303 e. The van der Waals surface area contributed by atoms with Crippen LogP contribution in [0.4, 0.5) is 11.4 Å². The number of aliphatic carboxylic acids is 1. The van der Waals surface area contributed by atoms with Crippen LogP contribution in [0.25, 0.3) is 11.1 Å². The van der Waals surface area contributed by atoms with Crippen LogP contribution in [0, 0.1) is 16.0 Å². The number of aliphatic hydroxyl groups excluding tert-OH is 1. The number of ether oxygens (including phenoxy) is 2. The van der Waals surface area contributed by atoms with Crippen LogP contribution in [0.2, 0.25) is 0 Å². The predicted octanol–water partition coefficient (Wildman–Crippen LogP) is 6.24. The number of nitrogens with zero attached hydrogens (tertiary/aromatic N) is 3. The second-order valence-electron chi connectivity index (χ2n) is 13.7. The summed E-state index contributed by atoms with van der Waals surface area (Å²) < 4.78 is 13.4. The second kappa shape index (κ2) is 17.6. The van der Waals surface area contributed by atoms with Gasteiger partial charge in [0.1, 0.15) is 0 Å². The van der Waals surface area contributed by atoms with Crippen LogP contribution >= 0.6 is 0 Å². The van der Waals surface area contributed by atoms with Crippen molar-refractivity contribution in [3.63, 3.8) is 0 Å². The number of benzene rings is 4. The Hall–Kier alpha value is -5.14. The van der Waals surface area contributed by atoms with Crippen LogP contribution in [0.5, 0.6) is 0 Å². The number of nitrogens with one attached hydrogen (secondary N) is 1. The Morgan fingerprint density at radius 1 is 0.868 bits per heavy atom. The zero-order chi connectivity index (χ0) is 37.3. The van der Waals surface area contributed by atoms with Crippen LogP contribution in [-0.4, -0.2) is 70.7 Å². The lowest BCUT2D eigenvalue weighted by molar-refractivity contribution is -0.384. The van der Waals surface area contributed by atoms with Crippen LogP contribution in [0.15, 0.2) is 97.1 Å². The van der Waals surface area contributed by atoms with Crippen LogP contribution in [0.3, 0.4) is 0 Å². The van der Waals surface area contributed by atoms with Crippen LogP contribution < -0.4 is 10.2 Å². The van der Waals surface area contributed by atoms with Crippen molar-refractivity contribution in [3.8, 4) is 11.1 Å². The zero-order valence-corrected chi connectivity index (χ0v) is 29.8. The third-order valence-electron chi connectivity index (χ3n) is 10.1. The quantitative estimate of drug-likeness (QED) is 0.101. The van der Waals surface area contributed by atoms with Gasteiger partial charge in [0.2, 0.25) is 5.91 Å². The third kappa shape index (κ3) is 9.65. The summed E-state index contributed by atoms with van der Waals surface area (Å²) in [5.41, 5.74) is 6.71. The van der Waals surface area contributed by atoms with Gasteiger partial charge in [-0.2, -0.15) is 0 Å². The summed E-state index contributed by atoms with van der Waals surface area (Å²) in [5.74, 6) is -1.06. The molecule has 278 valence electrons. The number of carbonyl (C=O) groups excluding carboxylic acids is 1. The molecule has 2 fully saturated rings. The number of amides is 1. The molecule has 0 aliphatic carbocycles. The molecule has 3 N–H and O–H groups in total. The number of hydrogen-bond acceptors (Lipinski definition) is 9. The highest BCUT2D eigenvalue weighted by atomic mass is 16.7. The van der Waals surface area contributed by atoms with E-state index in [0.717, 1.165) is 65.2 Å². The lowest BCUT2D eigenvalue weighted by atomic mass is 9.89. The molecule has 2 aliphatic heterocycles. The molecule has 53 heavy (non-hydrogen) atoms. The molecule has 2 heterocycles. The number of hydrogen-bond donors (Lipinski definition) is 3. The highest BCUT2D eigenvalue weighted by Gasteiger charge is 2.39. The molecular weight excluding hydrogens is 676 g/mol. The molecule has 0 spiro atoms. The van der Waals surface area contributed by atoms with E-state index in [0.29, 0.717) is 19.5 Å². The summed E-state index contributed by atoms with van der Waals surface area (Å²) >= 11 is 0. The molecule has 6 rings (SSSR count). The lowest BCUT2D eigenvalue weighted by Gasteiger charge is -2.44. The van der Waals surface area contributed by atoms with Crippen molar-refractivity contribution in [3.05, 3.63) is 129 Å². The van der Waals surface area contributed by atoms with Gasteiger partial charge in [0.15, 0.2) is 6.29 Å². The summed E-state index contributed by atoms with van der Waals surface area (Å²) in [7, 11) is 0. The molecule has 12 nitrogen and oxygen atoms in total. The van der Waals surface area contributed by atoms with Gasteiger partial charge in [-0.3, -0.25) is 24.6 Å². The van der Waals surface area contributed by atoms with Crippen molar-refractivity contribution in [2.24, 2.45) is 5.92 Å². The molecule has 4 unspecified atom stereocenters. The fourth-order valence-electron chi connectivity index (χ4n) is 7.01. The first kappa shape index (κ1) is 37.6. The third-order valence-corrected chi connectivity index (χ3v) is 10.1. The Labute approximate surface area is 309 Å². The van der Waals surface area contributed by atoms with Crippen molar-refractivity contribution in [1.29, 1.82) is 0 Å². The largest absolute Gasteiger partial charge is 0.481 e. The Morgan fingerprint density at radius 2 is 1.55 bits per heavy atom. The number of nitro benzene ring substituents is 1. The second-order valence-corrected chi connectivity index (χ2v) is 13.7. The zero-order valence-electron chi connectivity index (χ0n) is 29.8. The van der Waals surface area contributed by atoms with Crippen LogP contribution in [0.1, 0.15) is 60.8 Å². The molecule has 4 aromatic carbocycles. The number of anilines is 1. The van der Waals surface area contributed by atoms with E-state index in [4.69, 9.17) is 14.6 Å². The number of non-ortho nitro benzene ring substituents is 1. The number of carboxylic acid groups (broad SMARTS) is 1. The minimum Gasteiger partial charge on any atom is -0.481 e. The van der Waals surface area contributed by atoms with Crippen molar-refractivity contribution in [2.75, 3.05) is 37.6 Å². The maximum absolute atomic E-state index is 12.3. The van der Waals surface area contributed by atoms with Gasteiger partial charge < -0.3 is 29.9 Å². The molecule has 12 heteroatoms. The van der Waals surface area contributed by atoms with Gasteiger partial charge in [-0.1, -0.05) is 79.7 Å². The molecule has 4 atom stereocenters. The Balaban J connectivity index is 1.15. The van der Waals surface area contributed by atoms with Gasteiger partial charge in [0, 0.05) is 81.4 Å². The van der Waals surface area contributed by atoms with E-state index < -0.39 is 12.3 Å². The van der Waals surface area contributed by atoms with E-state index in [-0.39, 0.29) is 54.1 Å². The lowest BCUT2D eigenvalue weighted by Crippen LogP contribution is -2.51.